The van der Waals surface area contributed by atoms with Crippen molar-refractivity contribution in [2.75, 3.05) is 6.54 Å². The van der Waals surface area contributed by atoms with Gasteiger partial charge < -0.3 is 20.0 Å². The number of carbonyl (C=O) groups is 1. The molecule has 0 radical (unpaired) electrons. The number of benzene rings is 1. The normalized spacial score (nSPS) is 21.8. The molecule has 2 rings (SSSR count). The van der Waals surface area contributed by atoms with E-state index in [1.165, 1.54) is 17.0 Å². The second kappa shape index (κ2) is 9.97. The van der Waals surface area contributed by atoms with Crippen molar-refractivity contribution in [2.45, 2.75) is 102 Å². The average Bonchev–Trinajstić information content (AvgIpc) is 2.98. The molecule has 1 amide bonds. The molecular weight excluding hydrogens is 446 g/mol. The Kier molecular flexibility index (Phi) is 8.37. The number of amides is 1. The largest absolute Gasteiger partial charge is 0.444 e. The summed E-state index contributed by atoms with van der Waals surface area (Å²) in [6, 6.07) is 2.12. The first-order valence-electron chi connectivity index (χ1n) is 11.5. The fourth-order valence-corrected chi connectivity index (χ4v) is 5.14. The van der Waals surface area contributed by atoms with Crippen LogP contribution in [0, 0.1) is 11.6 Å². The summed E-state index contributed by atoms with van der Waals surface area (Å²) in [4.78, 5) is 14.4. The van der Waals surface area contributed by atoms with Crippen LogP contribution in [-0.2, 0) is 15.6 Å². The minimum Gasteiger partial charge on any atom is -0.444 e. The van der Waals surface area contributed by atoms with Gasteiger partial charge in [0.05, 0.1) is 24.8 Å². The van der Waals surface area contributed by atoms with E-state index in [0.29, 0.717) is 5.56 Å². The molecule has 1 aromatic carbocycles. The summed E-state index contributed by atoms with van der Waals surface area (Å²) in [6.45, 7) is 15.9. The predicted octanol–water partition coefficient (Wildman–Crippen LogP) is 4.60. The number of carbonyl (C=O) groups excluding carboxylic acids is 1. The maximum Gasteiger partial charge on any atom is 0.410 e. The van der Waals surface area contributed by atoms with Crippen LogP contribution in [0.25, 0.3) is 0 Å². The highest BCUT2D eigenvalue weighted by Crippen LogP contribution is 2.39. The lowest BCUT2D eigenvalue weighted by molar-refractivity contribution is 0.00301. The maximum absolute atomic E-state index is 13.8. The molecule has 9 heteroatoms. The lowest BCUT2D eigenvalue weighted by Gasteiger charge is -2.44. The third-order valence-corrected chi connectivity index (χ3v) is 10.9. The van der Waals surface area contributed by atoms with Crippen molar-refractivity contribution in [3.8, 4) is 0 Å². The van der Waals surface area contributed by atoms with Gasteiger partial charge in [0.25, 0.3) is 0 Å². The summed E-state index contributed by atoms with van der Waals surface area (Å²) in [5.74, 6) is -1.35. The number of hydrogen-bond donors (Lipinski definition) is 2. The van der Waals surface area contributed by atoms with Crippen molar-refractivity contribution in [2.24, 2.45) is 5.73 Å². The average molecular weight is 487 g/mol. The lowest BCUT2D eigenvalue weighted by atomic mass is 9.95. The number of aliphatic hydroxyl groups excluding tert-OH is 1. The highest BCUT2D eigenvalue weighted by Gasteiger charge is 2.48. The molecule has 3 N–H and O–H groups in total. The van der Waals surface area contributed by atoms with E-state index in [1.54, 1.807) is 20.8 Å². The summed E-state index contributed by atoms with van der Waals surface area (Å²) in [7, 11) is -2.36. The fourth-order valence-electron chi connectivity index (χ4n) is 3.77. The number of nitrogens with zero attached hydrogens (tertiary/aromatic N) is 1. The molecule has 6 nitrogen and oxygen atoms in total. The Labute approximate surface area is 197 Å². The Morgan fingerprint density at radius 3 is 2.21 bits per heavy atom. The van der Waals surface area contributed by atoms with Crippen LogP contribution >= 0.6 is 0 Å². The Bertz CT molecular complexity index is 818. The quantitative estimate of drug-likeness (QED) is 0.574. The number of β-amino-alcohol motifs (C(OH)–C–C–N with tert-alkyl or cyclic N) is 1. The van der Waals surface area contributed by atoms with Crippen molar-refractivity contribution >= 4 is 14.4 Å². The van der Waals surface area contributed by atoms with E-state index in [4.69, 9.17) is 14.9 Å². The van der Waals surface area contributed by atoms with E-state index in [1.807, 2.05) is 0 Å². The molecule has 4 atom stereocenters. The van der Waals surface area contributed by atoms with Crippen molar-refractivity contribution in [3.63, 3.8) is 0 Å². The van der Waals surface area contributed by atoms with E-state index in [9.17, 15) is 18.7 Å². The maximum atomic E-state index is 13.8. The van der Waals surface area contributed by atoms with Crippen molar-refractivity contribution in [3.05, 3.63) is 35.4 Å². The Morgan fingerprint density at radius 2 is 1.73 bits per heavy atom. The van der Waals surface area contributed by atoms with E-state index in [0.717, 1.165) is 6.07 Å². The molecule has 0 aromatic heterocycles. The zero-order chi connectivity index (χ0) is 25.4. The molecule has 1 aliphatic rings. The van der Waals surface area contributed by atoms with Crippen LogP contribution < -0.4 is 5.73 Å². The Hall–Kier alpha value is -1.55. The number of ether oxygens (including phenoxy) is 1. The zero-order valence-electron chi connectivity index (χ0n) is 21.1. The molecule has 1 heterocycles. The van der Waals surface area contributed by atoms with Crippen molar-refractivity contribution < 1.29 is 27.8 Å². The molecular formula is C24H40F2N2O4Si. The Morgan fingerprint density at radius 1 is 1.18 bits per heavy atom. The van der Waals surface area contributed by atoms with Gasteiger partial charge in [0, 0.05) is 12.1 Å². The van der Waals surface area contributed by atoms with Crippen LogP contribution in [0.4, 0.5) is 13.6 Å². The van der Waals surface area contributed by atoms with Gasteiger partial charge in [-0.3, -0.25) is 4.90 Å². The molecule has 0 saturated carbocycles. The lowest BCUT2D eigenvalue weighted by Crippen LogP contribution is -2.58. The summed E-state index contributed by atoms with van der Waals surface area (Å²) < 4.78 is 39.8. The second-order valence-corrected chi connectivity index (χ2v) is 16.3. The van der Waals surface area contributed by atoms with Crippen LogP contribution in [0.5, 0.6) is 0 Å². The summed E-state index contributed by atoms with van der Waals surface area (Å²) >= 11 is 0. The Balaban J connectivity index is 2.40. The highest BCUT2D eigenvalue weighted by molar-refractivity contribution is 6.74. The minimum absolute atomic E-state index is 0.109. The van der Waals surface area contributed by atoms with Crippen LogP contribution in [0.15, 0.2) is 18.2 Å². The minimum atomic E-state index is -2.36. The van der Waals surface area contributed by atoms with Gasteiger partial charge in [0.1, 0.15) is 17.2 Å². The van der Waals surface area contributed by atoms with E-state index in [-0.39, 0.29) is 24.4 Å². The van der Waals surface area contributed by atoms with Crippen LogP contribution in [0.3, 0.4) is 0 Å². The van der Waals surface area contributed by atoms with Gasteiger partial charge >= 0.3 is 6.09 Å². The zero-order valence-corrected chi connectivity index (χ0v) is 22.1. The SMILES string of the molecule is CC(C)(C)OC(=O)N1CC(O)CC1[C@@H](O[Si](C)(C)C(C)(C)C)[C@@H](N)Cc1cc(F)cc(F)c1. The second-order valence-electron chi connectivity index (χ2n) is 11.6. The first-order valence-corrected chi connectivity index (χ1v) is 14.4. The van der Waals surface area contributed by atoms with Crippen LogP contribution in [0.2, 0.25) is 18.1 Å². The van der Waals surface area contributed by atoms with E-state index < -0.39 is 55.9 Å². The molecule has 0 spiro atoms. The van der Waals surface area contributed by atoms with Gasteiger partial charge in [-0.25, -0.2) is 13.6 Å². The third kappa shape index (κ3) is 7.47. The van der Waals surface area contributed by atoms with Crippen LogP contribution in [0.1, 0.15) is 53.5 Å². The van der Waals surface area contributed by atoms with Gasteiger partial charge in [-0.1, -0.05) is 20.8 Å². The third-order valence-electron chi connectivity index (χ3n) is 6.38. The summed E-state index contributed by atoms with van der Waals surface area (Å²) in [6.07, 6.45) is -1.50. The van der Waals surface area contributed by atoms with Gasteiger partial charge in [-0.2, -0.15) is 0 Å². The molecule has 1 aliphatic heterocycles. The fraction of sp³-hybridized carbons (Fsp3) is 0.708. The summed E-state index contributed by atoms with van der Waals surface area (Å²) in [5, 5.41) is 10.3. The van der Waals surface area contributed by atoms with E-state index in [2.05, 4.69) is 33.9 Å². The van der Waals surface area contributed by atoms with Crippen molar-refractivity contribution in [1.29, 1.82) is 0 Å². The smallest absolute Gasteiger partial charge is 0.410 e. The number of nitrogens with two attached hydrogens (primary N) is 1. The molecule has 1 saturated heterocycles. The molecule has 0 bridgehead atoms. The number of halogens is 2. The van der Waals surface area contributed by atoms with Crippen molar-refractivity contribution in [1.82, 2.24) is 4.90 Å². The first-order chi connectivity index (χ1) is 14.9. The highest BCUT2D eigenvalue weighted by atomic mass is 28.4. The number of aliphatic hydroxyl groups is 1. The number of hydrogen-bond acceptors (Lipinski definition) is 5. The molecule has 1 aromatic rings. The van der Waals surface area contributed by atoms with Gasteiger partial charge in [-0.15, -0.1) is 0 Å². The molecule has 1 fully saturated rings. The van der Waals surface area contributed by atoms with E-state index >= 15 is 0 Å². The predicted molar refractivity (Wildman–Crippen MR) is 127 cm³/mol. The topological polar surface area (TPSA) is 85.0 Å². The monoisotopic (exact) mass is 486 g/mol. The van der Waals surface area contributed by atoms with Gasteiger partial charge in [0.15, 0.2) is 8.32 Å². The summed E-state index contributed by atoms with van der Waals surface area (Å²) in [5.41, 5.74) is 6.31. The molecule has 2 unspecified atom stereocenters. The van der Waals surface area contributed by atoms with Gasteiger partial charge in [0.2, 0.25) is 0 Å². The number of rotatable bonds is 6. The molecule has 188 valence electrons. The molecule has 0 aliphatic carbocycles. The standard InChI is InChI=1S/C24H40F2N2O4Si/c1-23(2,3)31-22(30)28-14-18(29)13-20(28)21(32-33(7,8)24(4,5)6)19(27)11-15-9-16(25)12-17(26)10-15/h9-10,12,18-21,29H,11,13-14,27H2,1-8H3/t18?,19-,20?,21-/m0/s1. The molecule has 33 heavy (non-hydrogen) atoms. The number of likely N-dealkylation sites (tertiary alicyclic amines) is 1. The van der Waals surface area contributed by atoms with Crippen LogP contribution in [-0.4, -0.2) is 60.9 Å². The van der Waals surface area contributed by atoms with Gasteiger partial charge in [-0.05, 0) is 69.4 Å². The first kappa shape index (κ1) is 27.7.